The van der Waals surface area contributed by atoms with E-state index in [4.69, 9.17) is 16.9 Å². The third kappa shape index (κ3) is 5.21. The second-order valence-electron chi connectivity index (χ2n) is 8.42. The van der Waals surface area contributed by atoms with E-state index >= 15 is 0 Å². The van der Waals surface area contributed by atoms with Gasteiger partial charge in [-0.2, -0.15) is 5.26 Å². The highest BCUT2D eigenvalue weighted by molar-refractivity contribution is 6.33. The van der Waals surface area contributed by atoms with Gasteiger partial charge in [0, 0.05) is 39.7 Å². The minimum absolute atomic E-state index is 0.223. The maximum Gasteiger partial charge on any atom is 0.326 e. The number of halogens is 3. The van der Waals surface area contributed by atoms with Gasteiger partial charge in [-0.15, -0.1) is 0 Å². The van der Waals surface area contributed by atoms with Crippen LogP contribution in [-0.2, 0) is 11.2 Å². The van der Waals surface area contributed by atoms with Crippen molar-refractivity contribution in [2.45, 2.75) is 19.4 Å². The summed E-state index contributed by atoms with van der Waals surface area (Å²) in [6.07, 6.45) is 1.33. The van der Waals surface area contributed by atoms with Crippen molar-refractivity contribution < 1.29 is 28.3 Å². The third-order valence-corrected chi connectivity index (χ3v) is 6.26. The Bertz CT molecular complexity index is 1640. The summed E-state index contributed by atoms with van der Waals surface area (Å²) >= 11 is 6.39. The summed E-state index contributed by atoms with van der Waals surface area (Å²) in [6, 6.07) is 13.5. The number of pyridine rings is 1. The van der Waals surface area contributed by atoms with Crippen molar-refractivity contribution in [3.05, 3.63) is 99.7 Å². The molecule has 1 amide bonds. The second-order valence-corrected chi connectivity index (χ2v) is 8.82. The maximum absolute atomic E-state index is 14.5. The molecule has 0 bridgehead atoms. The Morgan fingerprint density at radius 3 is 2.37 bits per heavy atom. The zero-order valence-corrected chi connectivity index (χ0v) is 20.5. The van der Waals surface area contributed by atoms with Gasteiger partial charge in [-0.3, -0.25) is 14.6 Å². The normalized spacial score (nSPS) is 11.6. The number of aliphatic carboxylic acids is 1. The Labute approximate surface area is 220 Å². The van der Waals surface area contributed by atoms with Gasteiger partial charge < -0.3 is 10.4 Å². The van der Waals surface area contributed by atoms with Crippen LogP contribution in [0.5, 0.6) is 0 Å². The van der Waals surface area contributed by atoms with Crippen LogP contribution in [0.3, 0.4) is 0 Å². The first-order valence-corrected chi connectivity index (χ1v) is 11.6. The van der Waals surface area contributed by atoms with E-state index in [1.165, 1.54) is 6.07 Å². The van der Waals surface area contributed by atoms with Crippen molar-refractivity contribution in [1.82, 2.24) is 10.3 Å². The van der Waals surface area contributed by atoms with Crippen LogP contribution in [0.4, 0.5) is 8.78 Å². The average Bonchev–Trinajstić information content (AvgIpc) is 2.88. The molecule has 1 heterocycles. The lowest BCUT2D eigenvalue weighted by Crippen LogP contribution is -2.43. The van der Waals surface area contributed by atoms with Gasteiger partial charge in [-0.25, -0.2) is 13.6 Å². The lowest BCUT2D eigenvalue weighted by molar-refractivity contribution is -0.139. The molecule has 0 aliphatic carbocycles. The topological polar surface area (TPSA) is 120 Å². The largest absolute Gasteiger partial charge is 0.480 e. The summed E-state index contributed by atoms with van der Waals surface area (Å²) in [5, 5.41) is 22.0. The maximum atomic E-state index is 14.5. The number of nitrogens with one attached hydrogen (secondary N) is 1. The zero-order valence-electron chi connectivity index (χ0n) is 19.8. The SMILES string of the molecule is CC(=O)c1cc(F)c(C(=O)NC(Cc2ccc(-c3ccc(C#N)cc3Cl)c3ncccc23)C(=O)O)c(F)c1. The molecule has 1 unspecified atom stereocenters. The molecule has 0 aliphatic rings. The highest BCUT2D eigenvalue weighted by atomic mass is 35.5. The van der Waals surface area contributed by atoms with Gasteiger partial charge in [-0.1, -0.05) is 35.9 Å². The summed E-state index contributed by atoms with van der Waals surface area (Å²) in [5.74, 6) is -5.85. The molecule has 2 N–H and O–H groups in total. The number of nitriles is 1. The molecule has 0 saturated heterocycles. The van der Waals surface area contributed by atoms with Crippen LogP contribution in [0.2, 0.25) is 5.02 Å². The molecule has 0 spiro atoms. The molecule has 4 rings (SSSR count). The van der Waals surface area contributed by atoms with E-state index in [2.05, 4.69) is 10.3 Å². The number of hydrogen-bond donors (Lipinski definition) is 2. The summed E-state index contributed by atoms with van der Waals surface area (Å²) in [4.78, 5) is 40.5. The monoisotopic (exact) mass is 533 g/mol. The fourth-order valence-corrected chi connectivity index (χ4v) is 4.36. The van der Waals surface area contributed by atoms with Crippen molar-refractivity contribution in [3.63, 3.8) is 0 Å². The van der Waals surface area contributed by atoms with Crippen molar-refractivity contribution in [3.8, 4) is 17.2 Å². The number of carbonyl (C=O) groups excluding carboxylic acids is 2. The minimum atomic E-state index is -1.54. The first kappa shape index (κ1) is 26.4. The first-order chi connectivity index (χ1) is 18.1. The Kier molecular flexibility index (Phi) is 7.46. The number of ketones is 1. The standard InChI is InChI=1S/C28H18ClF2N3O4/c1-14(35)17-10-22(30)25(23(31)11-17)27(36)34-24(28(37)38)12-16-5-7-20(26-18(16)3-2-8-33-26)19-6-4-15(13-32)9-21(19)29/h2-11,24H,12H2,1H3,(H,34,36)(H,37,38). The van der Waals surface area contributed by atoms with E-state index in [9.17, 15) is 28.3 Å². The van der Waals surface area contributed by atoms with Crippen LogP contribution < -0.4 is 5.32 Å². The van der Waals surface area contributed by atoms with E-state index in [0.717, 1.165) is 19.1 Å². The Morgan fingerprint density at radius 1 is 1.08 bits per heavy atom. The van der Waals surface area contributed by atoms with Gasteiger partial charge >= 0.3 is 5.97 Å². The van der Waals surface area contributed by atoms with E-state index in [0.29, 0.717) is 38.2 Å². The van der Waals surface area contributed by atoms with Crippen molar-refractivity contribution >= 4 is 40.2 Å². The molecule has 0 radical (unpaired) electrons. The summed E-state index contributed by atoms with van der Waals surface area (Å²) in [7, 11) is 0. The molecule has 0 saturated carbocycles. The molecule has 4 aromatic rings. The number of aromatic nitrogens is 1. The number of carboxylic acids is 1. The number of hydrogen-bond acceptors (Lipinski definition) is 5. The van der Waals surface area contributed by atoms with Gasteiger partial charge in [0.2, 0.25) is 0 Å². The zero-order chi connectivity index (χ0) is 27.6. The molecule has 0 aliphatic heterocycles. The summed E-state index contributed by atoms with van der Waals surface area (Å²) < 4.78 is 28.9. The number of amides is 1. The molecule has 0 fully saturated rings. The summed E-state index contributed by atoms with van der Waals surface area (Å²) in [6.45, 7) is 1.12. The molecule has 3 aromatic carbocycles. The molecule has 7 nitrogen and oxygen atoms in total. The van der Waals surface area contributed by atoms with Crippen LogP contribution in [0.1, 0.15) is 38.8 Å². The highest BCUT2D eigenvalue weighted by Gasteiger charge is 2.27. The number of benzene rings is 3. The van der Waals surface area contributed by atoms with Crippen LogP contribution in [0.15, 0.2) is 60.8 Å². The highest BCUT2D eigenvalue weighted by Crippen LogP contribution is 2.34. The lowest BCUT2D eigenvalue weighted by Gasteiger charge is -2.18. The number of carbonyl (C=O) groups is 3. The third-order valence-electron chi connectivity index (χ3n) is 5.95. The fourth-order valence-electron chi connectivity index (χ4n) is 4.07. The van der Waals surface area contributed by atoms with Gasteiger partial charge in [0.1, 0.15) is 23.2 Å². The van der Waals surface area contributed by atoms with Crippen LogP contribution in [0, 0.1) is 23.0 Å². The number of rotatable bonds is 7. The van der Waals surface area contributed by atoms with Crippen molar-refractivity contribution in [1.29, 1.82) is 5.26 Å². The Morgan fingerprint density at radius 2 is 1.76 bits per heavy atom. The minimum Gasteiger partial charge on any atom is -0.480 e. The van der Waals surface area contributed by atoms with Crippen molar-refractivity contribution in [2.24, 2.45) is 0 Å². The van der Waals surface area contributed by atoms with E-state index in [1.807, 2.05) is 6.07 Å². The number of carboxylic acid groups (broad SMARTS) is 1. The molecule has 38 heavy (non-hydrogen) atoms. The molecular weight excluding hydrogens is 516 g/mol. The molecule has 1 atom stereocenters. The second kappa shape index (κ2) is 10.7. The van der Waals surface area contributed by atoms with Crippen LogP contribution in [0.25, 0.3) is 22.0 Å². The van der Waals surface area contributed by atoms with Gasteiger partial charge in [-0.05, 0) is 42.8 Å². The first-order valence-electron chi connectivity index (χ1n) is 11.2. The van der Waals surface area contributed by atoms with Gasteiger partial charge in [0.15, 0.2) is 5.78 Å². The smallest absolute Gasteiger partial charge is 0.326 e. The summed E-state index contributed by atoms with van der Waals surface area (Å²) in [5.41, 5.74) is 1.41. The van der Waals surface area contributed by atoms with E-state index in [-0.39, 0.29) is 12.0 Å². The predicted molar refractivity (Wildman–Crippen MR) is 136 cm³/mol. The number of Topliss-reactive ketones (excluding diaryl/α,β-unsaturated/α-hetero) is 1. The average molecular weight is 534 g/mol. The molecule has 190 valence electrons. The lowest BCUT2D eigenvalue weighted by atomic mass is 9.94. The van der Waals surface area contributed by atoms with E-state index in [1.54, 1.807) is 42.6 Å². The Balaban J connectivity index is 1.69. The van der Waals surface area contributed by atoms with Crippen molar-refractivity contribution in [2.75, 3.05) is 0 Å². The Hall–Kier alpha value is -4.68. The van der Waals surface area contributed by atoms with Gasteiger partial charge in [0.25, 0.3) is 5.91 Å². The van der Waals surface area contributed by atoms with Crippen LogP contribution in [-0.4, -0.2) is 33.8 Å². The predicted octanol–water partition coefficient (Wildman–Crippen LogP) is 5.33. The molecular formula is C28H18ClF2N3O4. The van der Waals surface area contributed by atoms with Gasteiger partial charge in [0.05, 0.1) is 17.1 Å². The molecule has 1 aromatic heterocycles. The van der Waals surface area contributed by atoms with Crippen LogP contribution >= 0.6 is 11.6 Å². The number of fused-ring (bicyclic) bond motifs is 1. The molecule has 10 heteroatoms. The van der Waals surface area contributed by atoms with E-state index < -0.39 is 40.9 Å². The number of nitrogens with zero attached hydrogens (tertiary/aromatic N) is 2. The fraction of sp³-hybridized carbons (Fsp3) is 0.107. The quantitative estimate of drug-likeness (QED) is 0.310.